The highest BCUT2D eigenvalue weighted by molar-refractivity contribution is 6.30. The number of halogens is 1. The maximum absolute atomic E-state index is 9.56. The Morgan fingerprint density at radius 2 is 1.50 bits per heavy atom. The predicted octanol–water partition coefficient (Wildman–Crippen LogP) is 6.89. The zero-order valence-electron chi connectivity index (χ0n) is 16.9. The highest BCUT2D eigenvalue weighted by Gasteiger charge is 2.13. The van der Waals surface area contributed by atoms with E-state index in [9.17, 15) is 5.11 Å². The number of aromatic nitrogens is 2. The SMILES string of the molecule is CC(C)Cc1nc(-c2ccc(O)cc2)cn1-c1ccc(Oc2ccc(Cl)cc2)cc1. The first-order valence-electron chi connectivity index (χ1n) is 9.89. The molecule has 3 aromatic carbocycles. The van der Waals surface area contributed by atoms with Crippen molar-refractivity contribution in [2.75, 3.05) is 0 Å². The number of ether oxygens (including phenoxy) is 1. The van der Waals surface area contributed by atoms with Gasteiger partial charge in [0.15, 0.2) is 0 Å². The van der Waals surface area contributed by atoms with Crippen LogP contribution in [-0.2, 0) is 6.42 Å². The summed E-state index contributed by atoms with van der Waals surface area (Å²) in [5.41, 5.74) is 2.87. The molecule has 0 aliphatic rings. The quantitative estimate of drug-likeness (QED) is 0.371. The van der Waals surface area contributed by atoms with Crippen LogP contribution in [0.2, 0.25) is 5.02 Å². The van der Waals surface area contributed by atoms with Crippen LogP contribution >= 0.6 is 11.6 Å². The maximum atomic E-state index is 9.56. The van der Waals surface area contributed by atoms with E-state index in [0.29, 0.717) is 10.9 Å². The lowest BCUT2D eigenvalue weighted by Gasteiger charge is -2.11. The van der Waals surface area contributed by atoms with Crippen molar-refractivity contribution in [1.82, 2.24) is 9.55 Å². The van der Waals surface area contributed by atoms with E-state index in [1.165, 1.54) is 0 Å². The van der Waals surface area contributed by atoms with Gasteiger partial charge in [0.05, 0.1) is 5.69 Å². The van der Waals surface area contributed by atoms with E-state index in [-0.39, 0.29) is 5.75 Å². The fourth-order valence-corrected chi connectivity index (χ4v) is 3.36. The van der Waals surface area contributed by atoms with Gasteiger partial charge in [0, 0.05) is 28.9 Å². The third kappa shape index (κ3) is 4.66. The maximum Gasteiger partial charge on any atom is 0.127 e. The van der Waals surface area contributed by atoms with E-state index < -0.39 is 0 Å². The summed E-state index contributed by atoms with van der Waals surface area (Å²) in [6, 6.07) is 22.4. The molecule has 1 N–H and O–H groups in total. The van der Waals surface area contributed by atoms with Crippen molar-refractivity contribution in [3.63, 3.8) is 0 Å². The first-order valence-corrected chi connectivity index (χ1v) is 10.3. The highest BCUT2D eigenvalue weighted by atomic mass is 35.5. The van der Waals surface area contributed by atoms with E-state index in [4.69, 9.17) is 21.3 Å². The molecule has 5 heteroatoms. The van der Waals surface area contributed by atoms with E-state index in [0.717, 1.165) is 40.7 Å². The van der Waals surface area contributed by atoms with Crippen molar-refractivity contribution in [1.29, 1.82) is 0 Å². The fraction of sp³-hybridized carbons (Fsp3) is 0.160. The first kappa shape index (κ1) is 20.0. The van der Waals surface area contributed by atoms with Gasteiger partial charge in [-0.2, -0.15) is 0 Å². The van der Waals surface area contributed by atoms with Crippen LogP contribution in [-0.4, -0.2) is 14.7 Å². The molecule has 30 heavy (non-hydrogen) atoms. The molecule has 1 aromatic heterocycles. The van der Waals surface area contributed by atoms with Crippen molar-refractivity contribution in [3.8, 4) is 34.2 Å². The molecular formula is C25H23ClN2O2. The van der Waals surface area contributed by atoms with Gasteiger partial charge in [0.1, 0.15) is 23.1 Å². The molecule has 0 saturated heterocycles. The van der Waals surface area contributed by atoms with Gasteiger partial charge < -0.3 is 14.4 Å². The van der Waals surface area contributed by atoms with Crippen molar-refractivity contribution >= 4 is 11.6 Å². The number of nitrogens with zero attached hydrogens (tertiary/aromatic N) is 2. The van der Waals surface area contributed by atoms with Crippen molar-refractivity contribution < 1.29 is 9.84 Å². The molecule has 0 fully saturated rings. The molecular weight excluding hydrogens is 396 g/mol. The average molecular weight is 419 g/mol. The molecule has 1 heterocycles. The molecule has 4 nitrogen and oxygen atoms in total. The second-order valence-electron chi connectivity index (χ2n) is 7.61. The minimum absolute atomic E-state index is 0.247. The molecule has 0 aliphatic heterocycles. The topological polar surface area (TPSA) is 47.3 Å². The number of hydrogen-bond donors (Lipinski definition) is 1. The minimum Gasteiger partial charge on any atom is -0.508 e. The van der Waals surface area contributed by atoms with Gasteiger partial charge in [-0.05, 0) is 78.7 Å². The molecule has 0 aliphatic carbocycles. The Kier molecular flexibility index (Phi) is 5.77. The van der Waals surface area contributed by atoms with Crippen LogP contribution in [0.25, 0.3) is 16.9 Å². The molecule has 0 spiro atoms. The monoisotopic (exact) mass is 418 g/mol. The van der Waals surface area contributed by atoms with Crippen LogP contribution in [0.15, 0.2) is 79.0 Å². The van der Waals surface area contributed by atoms with Crippen LogP contribution in [0.1, 0.15) is 19.7 Å². The van der Waals surface area contributed by atoms with E-state index in [2.05, 4.69) is 18.4 Å². The molecule has 152 valence electrons. The van der Waals surface area contributed by atoms with Crippen LogP contribution in [0, 0.1) is 5.92 Å². The van der Waals surface area contributed by atoms with Gasteiger partial charge >= 0.3 is 0 Å². The van der Waals surface area contributed by atoms with Crippen LogP contribution in [0.3, 0.4) is 0 Å². The Hall–Kier alpha value is -3.24. The number of rotatable bonds is 6. The van der Waals surface area contributed by atoms with Gasteiger partial charge in [-0.3, -0.25) is 0 Å². The number of phenols is 1. The van der Waals surface area contributed by atoms with E-state index in [1.807, 2.05) is 54.7 Å². The Bertz CT molecular complexity index is 1120. The van der Waals surface area contributed by atoms with Crippen LogP contribution in [0.5, 0.6) is 17.2 Å². The third-order valence-electron chi connectivity index (χ3n) is 4.70. The summed E-state index contributed by atoms with van der Waals surface area (Å²) in [7, 11) is 0. The average Bonchev–Trinajstić information content (AvgIpc) is 3.14. The van der Waals surface area contributed by atoms with Crippen molar-refractivity contribution in [2.24, 2.45) is 5.92 Å². The number of benzene rings is 3. The standard InChI is InChI=1S/C25H23ClN2O2/c1-17(2)15-25-27-24(18-3-9-21(29)10-4-18)16-28(25)20-7-13-23(14-8-20)30-22-11-5-19(26)6-12-22/h3-14,16-17,29H,15H2,1-2H3. The molecule has 4 aromatic rings. The smallest absolute Gasteiger partial charge is 0.127 e. The zero-order valence-corrected chi connectivity index (χ0v) is 17.7. The summed E-state index contributed by atoms with van der Waals surface area (Å²) in [5.74, 6) is 3.22. The molecule has 0 radical (unpaired) electrons. The van der Waals surface area contributed by atoms with E-state index in [1.54, 1.807) is 24.3 Å². The van der Waals surface area contributed by atoms with Crippen molar-refractivity contribution in [3.05, 3.63) is 89.8 Å². The number of hydrogen-bond acceptors (Lipinski definition) is 3. The fourth-order valence-electron chi connectivity index (χ4n) is 3.24. The summed E-state index contributed by atoms with van der Waals surface area (Å²) in [6.07, 6.45) is 2.90. The molecule has 4 rings (SSSR count). The van der Waals surface area contributed by atoms with Crippen molar-refractivity contribution in [2.45, 2.75) is 20.3 Å². The van der Waals surface area contributed by atoms with Gasteiger partial charge in [0.25, 0.3) is 0 Å². The second kappa shape index (κ2) is 8.64. The van der Waals surface area contributed by atoms with Gasteiger partial charge in [0.2, 0.25) is 0 Å². The molecule has 0 saturated carbocycles. The first-order chi connectivity index (χ1) is 14.5. The lowest BCUT2D eigenvalue weighted by Crippen LogP contribution is -2.04. The summed E-state index contributed by atoms with van der Waals surface area (Å²) < 4.78 is 8.02. The number of phenolic OH excluding ortho intramolecular Hbond substituents is 1. The number of imidazole rings is 1. The number of aromatic hydroxyl groups is 1. The second-order valence-corrected chi connectivity index (χ2v) is 8.04. The van der Waals surface area contributed by atoms with Crippen LogP contribution in [0.4, 0.5) is 0 Å². The Balaban J connectivity index is 1.63. The van der Waals surface area contributed by atoms with Gasteiger partial charge in [-0.15, -0.1) is 0 Å². The summed E-state index contributed by atoms with van der Waals surface area (Å²) in [6.45, 7) is 4.37. The summed E-state index contributed by atoms with van der Waals surface area (Å²) in [5, 5.41) is 10.2. The zero-order chi connectivity index (χ0) is 21.1. The van der Waals surface area contributed by atoms with E-state index >= 15 is 0 Å². The lowest BCUT2D eigenvalue weighted by atomic mass is 10.1. The molecule has 0 amide bonds. The minimum atomic E-state index is 0.247. The Labute approximate surface area is 181 Å². The lowest BCUT2D eigenvalue weighted by molar-refractivity contribution is 0.475. The normalized spacial score (nSPS) is 11.1. The van der Waals surface area contributed by atoms with Gasteiger partial charge in [-0.1, -0.05) is 25.4 Å². The molecule has 0 unspecified atom stereocenters. The third-order valence-corrected chi connectivity index (χ3v) is 4.95. The molecule has 0 atom stereocenters. The van der Waals surface area contributed by atoms with Crippen LogP contribution < -0.4 is 4.74 Å². The summed E-state index contributed by atoms with van der Waals surface area (Å²) in [4.78, 5) is 4.86. The summed E-state index contributed by atoms with van der Waals surface area (Å²) >= 11 is 5.93. The predicted molar refractivity (Wildman–Crippen MR) is 121 cm³/mol. The van der Waals surface area contributed by atoms with Gasteiger partial charge in [-0.25, -0.2) is 4.98 Å². The highest BCUT2D eigenvalue weighted by Crippen LogP contribution is 2.27. The Morgan fingerprint density at radius 3 is 2.10 bits per heavy atom. The largest absolute Gasteiger partial charge is 0.508 e. The molecule has 0 bridgehead atoms. The Morgan fingerprint density at radius 1 is 0.900 bits per heavy atom.